The number of hydrogen-bond donors (Lipinski definition) is 2. The van der Waals surface area contributed by atoms with Crippen molar-refractivity contribution in [3.8, 4) is 0 Å². The fraction of sp³-hybridized carbons (Fsp3) is 0.375. The lowest BCUT2D eigenvalue weighted by molar-refractivity contribution is 0.101. The molecule has 0 saturated heterocycles. The number of aliphatic hydroxyl groups is 1. The molecule has 1 aromatic heterocycles. The predicted octanol–water partition coefficient (Wildman–Crippen LogP) is 2.86. The van der Waals surface area contributed by atoms with Crippen LogP contribution >= 0.6 is 0 Å². The first-order valence-corrected chi connectivity index (χ1v) is 7.22. The first-order valence-electron chi connectivity index (χ1n) is 7.22. The molecule has 5 nitrogen and oxygen atoms in total. The fourth-order valence-corrected chi connectivity index (χ4v) is 2.35. The molecule has 1 aliphatic carbocycles. The third-order valence-electron chi connectivity index (χ3n) is 3.76. The number of anilines is 1. The van der Waals surface area contributed by atoms with Crippen molar-refractivity contribution in [3.05, 3.63) is 46.8 Å². The van der Waals surface area contributed by atoms with Crippen molar-refractivity contribution in [2.45, 2.75) is 38.7 Å². The lowest BCUT2D eigenvalue weighted by atomic mass is 10.0. The fourth-order valence-electron chi connectivity index (χ4n) is 2.35. The first-order chi connectivity index (χ1) is 10.2. The van der Waals surface area contributed by atoms with E-state index in [0.717, 1.165) is 36.1 Å². The van der Waals surface area contributed by atoms with Crippen molar-refractivity contribution in [3.63, 3.8) is 0 Å². The van der Waals surface area contributed by atoms with Crippen LogP contribution in [0.25, 0.3) is 0 Å². The second-order valence-corrected chi connectivity index (χ2v) is 5.34. The molecule has 3 rings (SSSR count). The Morgan fingerprint density at radius 1 is 1.38 bits per heavy atom. The van der Waals surface area contributed by atoms with Gasteiger partial charge in [-0.1, -0.05) is 18.1 Å². The summed E-state index contributed by atoms with van der Waals surface area (Å²) in [5.41, 5.74) is 2.85. The SMILES string of the molecule is CCc1ccc(NC(=O)c2cc(C3CC3)on2)cc1CO. The third kappa shape index (κ3) is 2.97. The summed E-state index contributed by atoms with van der Waals surface area (Å²) in [6, 6.07) is 7.25. The minimum atomic E-state index is -0.293. The molecule has 1 saturated carbocycles. The zero-order chi connectivity index (χ0) is 14.8. The highest BCUT2D eigenvalue weighted by molar-refractivity contribution is 6.02. The number of aryl methyl sites for hydroxylation is 1. The maximum atomic E-state index is 12.1. The number of benzene rings is 1. The molecule has 0 aliphatic heterocycles. The van der Waals surface area contributed by atoms with Gasteiger partial charge < -0.3 is 14.9 Å². The lowest BCUT2D eigenvalue weighted by Crippen LogP contribution is -2.12. The number of rotatable bonds is 5. The highest BCUT2D eigenvalue weighted by Crippen LogP contribution is 2.40. The molecule has 1 fully saturated rings. The minimum Gasteiger partial charge on any atom is -0.392 e. The smallest absolute Gasteiger partial charge is 0.277 e. The Bertz CT molecular complexity index is 659. The summed E-state index contributed by atoms with van der Waals surface area (Å²) in [7, 11) is 0. The summed E-state index contributed by atoms with van der Waals surface area (Å²) < 4.78 is 5.18. The van der Waals surface area contributed by atoms with Crippen LogP contribution in [0, 0.1) is 0 Å². The van der Waals surface area contributed by atoms with Gasteiger partial charge in [0.05, 0.1) is 6.61 Å². The second-order valence-electron chi connectivity index (χ2n) is 5.34. The van der Waals surface area contributed by atoms with Crippen molar-refractivity contribution in [1.29, 1.82) is 0 Å². The topological polar surface area (TPSA) is 75.4 Å². The van der Waals surface area contributed by atoms with Gasteiger partial charge in [0.15, 0.2) is 5.69 Å². The molecule has 1 heterocycles. The Kier molecular flexibility index (Phi) is 3.75. The summed E-state index contributed by atoms with van der Waals surface area (Å²) in [4.78, 5) is 12.1. The second kappa shape index (κ2) is 5.69. The van der Waals surface area contributed by atoms with E-state index in [1.54, 1.807) is 12.1 Å². The highest BCUT2D eigenvalue weighted by atomic mass is 16.5. The van der Waals surface area contributed by atoms with Crippen LogP contribution in [0.5, 0.6) is 0 Å². The van der Waals surface area contributed by atoms with Crippen molar-refractivity contribution >= 4 is 11.6 Å². The zero-order valence-electron chi connectivity index (χ0n) is 11.9. The van der Waals surface area contributed by atoms with Crippen molar-refractivity contribution in [2.24, 2.45) is 0 Å². The van der Waals surface area contributed by atoms with E-state index in [2.05, 4.69) is 10.5 Å². The number of nitrogens with one attached hydrogen (secondary N) is 1. The largest absolute Gasteiger partial charge is 0.392 e. The number of aromatic nitrogens is 1. The molecule has 2 aromatic rings. The van der Waals surface area contributed by atoms with Gasteiger partial charge in [0.25, 0.3) is 5.91 Å². The molecule has 21 heavy (non-hydrogen) atoms. The number of hydrogen-bond acceptors (Lipinski definition) is 4. The van der Waals surface area contributed by atoms with Gasteiger partial charge in [0.2, 0.25) is 0 Å². The van der Waals surface area contributed by atoms with Gasteiger partial charge >= 0.3 is 0 Å². The Morgan fingerprint density at radius 3 is 2.86 bits per heavy atom. The number of aliphatic hydroxyl groups excluding tert-OH is 1. The summed E-state index contributed by atoms with van der Waals surface area (Å²) in [6.45, 7) is 1.99. The molecule has 2 N–H and O–H groups in total. The highest BCUT2D eigenvalue weighted by Gasteiger charge is 2.28. The van der Waals surface area contributed by atoms with Crippen molar-refractivity contribution in [1.82, 2.24) is 5.16 Å². The normalized spacial score (nSPS) is 14.2. The standard InChI is InChI=1S/C16H18N2O3/c1-2-10-5-6-13(7-12(10)9-19)17-16(20)14-8-15(21-18-14)11-3-4-11/h5-8,11,19H,2-4,9H2,1H3,(H,17,20). The molecule has 0 bridgehead atoms. The number of nitrogens with zero attached hydrogens (tertiary/aromatic N) is 1. The lowest BCUT2D eigenvalue weighted by Gasteiger charge is -2.09. The van der Waals surface area contributed by atoms with E-state index in [4.69, 9.17) is 4.52 Å². The summed E-state index contributed by atoms with van der Waals surface area (Å²) in [6.07, 6.45) is 3.06. The number of carbonyl (C=O) groups excluding carboxylic acids is 1. The van der Waals surface area contributed by atoms with E-state index in [1.165, 1.54) is 0 Å². The Labute approximate surface area is 123 Å². The van der Waals surface area contributed by atoms with E-state index in [1.807, 2.05) is 19.1 Å². The molecule has 0 unspecified atom stereocenters. The molecule has 1 amide bonds. The molecule has 0 atom stereocenters. The maximum Gasteiger partial charge on any atom is 0.277 e. The van der Waals surface area contributed by atoms with Gasteiger partial charge in [-0.2, -0.15) is 0 Å². The average Bonchev–Trinajstić information content (AvgIpc) is 3.24. The van der Waals surface area contributed by atoms with Crippen LogP contribution in [0.2, 0.25) is 0 Å². The van der Waals surface area contributed by atoms with Gasteiger partial charge in [-0.05, 0) is 42.5 Å². The minimum absolute atomic E-state index is 0.0390. The summed E-state index contributed by atoms with van der Waals surface area (Å²) in [5, 5.41) is 16.0. The van der Waals surface area contributed by atoms with E-state index in [9.17, 15) is 9.90 Å². The van der Waals surface area contributed by atoms with Crippen LogP contribution < -0.4 is 5.32 Å². The molecule has 1 aromatic carbocycles. The van der Waals surface area contributed by atoms with E-state index in [0.29, 0.717) is 17.3 Å². The molecular formula is C16H18N2O3. The predicted molar refractivity (Wildman–Crippen MR) is 78.2 cm³/mol. The molecule has 5 heteroatoms. The van der Waals surface area contributed by atoms with Crippen molar-refractivity contribution in [2.75, 3.05) is 5.32 Å². The van der Waals surface area contributed by atoms with Gasteiger partial charge in [0.1, 0.15) is 5.76 Å². The monoisotopic (exact) mass is 286 g/mol. The van der Waals surface area contributed by atoms with Gasteiger partial charge in [-0.25, -0.2) is 0 Å². The number of amides is 1. The zero-order valence-corrected chi connectivity index (χ0v) is 11.9. The Balaban J connectivity index is 1.74. The van der Waals surface area contributed by atoms with Gasteiger partial charge in [-0.15, -0.1) is 0 Å². The Hall–Kier alpha value is -2.14. The van der Waals surface area contributed by atoms with Crippen LogP contribution in [0.15, 0.2) is 28.8 Å². The van der Waals surface area contributed by atoms with Crippen LogP contribution in [-0.4, -0.2) is 16.2 Å². The first kappa shape index (κ1) is 13.8. The average molecular weight is 286 g/mol. The molecule has 110 valence electrons. The maximum absolute atomic E-state index is 12.1. The van der Waals surface area contributed by atoms with E-state index < -0.39 is 0 Å². The summed E-state index contributed by atoms with van der Waals surface area (Å²) >= 11 is 0. The van der Waals surface area contributed by atoms with Crippen LogP contribution in [0.3, 0.4) is 0 Å². The molecular weight excluding hydrogens is 268 g/mol. The summed E-state index contributed by atoms with van der Waals surface area (Å²) in [5.74, 6) is 0.931. The van der Waals surface area contributed by atoms with E-state index >= 15 is 0 Å². The Morgan fingerprint density at radius 2 is 2.19 bits per heavy atom. The van der Waals surface area contributed by atoms with Crippen molar-refractivity contribution < 1.29 is 14.4 Å². The van der Waals surface area contributed by atoms with E-state index in [-0.39, 0.29) is 12.5 Å². The van der Waals surface area contributed by atoms with Crippen LogP contribution in [0.1, 0.15) is 53.1 Å². The number of carbonyl (C=O) groups is 1. The van der Waals surface area contributed by atoms with Crippen LogP contribution in [0.4, 0.5) is 5.69 Å². The van der Waals surface area contributed by atoms with Gasteiger partial charge in [-0.3, -0.25) is 4.79 Å². The quantitative estimate of drug-likeness (QED) is 0.886. The molecule has 0 radical (unpaired) electrons. The third-order valence-corrected chi connectivity index (χ3v) is 3.76. The van der Waals surface area contributed by atoms with Crippen LogP contribution in [-0.2, 0) is 13.0 Å². The molecule has 0 spiro atoms. The van der Waals surface area contributed by atoms with Gasteiger partial charge in [0, 0.05) is 17.7 Å². The molecule has 1 aliphatic rings.